The summed E-state index contributed by atoms with van der Waals surface area (Å²) in [5, 5.41) is 77.5. The molecule has 20 rings (SSSR count). The highest BCUT2D eigenvalue weighted by molar-refractivity contribution is 5.86. The fraction of sp³-hybridized carbons (Fsp3) is 0.659. The number of fused-ring (bicyclic) bond motifs is 8. The lowest BCUT2D eigenvalue weighted by atomic mass is 9.30. The number of ether oxygens (including phenoxy) is 2. The number of benzene rings is 3. The number of nitrogens with one attached hydrogen (secondary N) is 1. The molecule has 10 saturated carbocycles. The molecule has 3 aromatic carbocycles. The van der Waals surface area contributed by atoms with Gasteiger partial charge in [0.05, 0.1) is 35.9 Å². The maximum Gasteiger partial charge on any atom is 0.331 e. The normalized spacial score (nSPS) is 50.3. The van der Waals surface area contributed by atoms with Crippen LogP contribution in [0.4, 0.5) is 0 Å². The Labute approximate surface area is 543 Å². The van der Waals surface area contributed by atoms with Crippen LogP contribution in [0.5, 0.6) is 0 Å². The number of hydrogen-bond donors (Lipinski definition) is 6. The predicted octanol–water partition coefficient (Wildman–Crippen LogP) is 11.0. The van der Waals surface area contributed by atoms with Crippen LogP contribution in [0.3, 0.4) is 0 Å². The SMILES string of the molecule is CNC1Cc2c(cccc2CO)C#CC2(CCCC2)CC23CC4C#CCC5C(c6ccccc6)CCC6C5CC5CC7Cc8cccc(c8)CC8CCC(C8)C8CC=CC9CC%10C(O7)C56CC5(C=O)C4C(O)(C(O)C(CC98)C%105O)C2(O)CC2CC1C1OC(=O)C=C1C23. The van der Waals surface area contributed by atoms with Gasteiger partial charge in [-0.05, 0) is 246 Å². The van der Waals surface area contributed by atoms with E-state index >= 15 is 25.2 Å². The van der Waals surface area contributed by atoms with Crippen molar-refractivity contribution in [2.24, 2.45) is 116 Å². The first-order valence-corrected chi connectivity index (χ1v) is 36.8. The molecule has 10 nitrogen and oxygen atoms in total. The summed E-state index contributed by atoms with van der Waals surface area (Å²) in [7, 11) is 1.97. The number of hydrogen-bond acceptors (Lipinski definition) is 10. The van der Waals surface area contributed by atoms with E-state index in [9.17, 15) is 9.90 Å². The van der Waals surface area contributed by atoms with Crippen molar-refractivity contribution in [3.05, 3.63) is 130 Å². The third-order valence-electron chi connectivity index (χ3n) is 31.4. The first-order valence-electron chi connectivity index (χ1n) is 36.8. The van der Waals surface area contributed by atoms with Crippen molar-refractivity contribution in [2.75, 3.05) is 7.05 Å². The van der Waals surface area contributed by atoms with Crippen LogP contribution in [0.15, 0.2) is 96.6 Å². The first kappa shape index (κ1) is 58.5. The Morgan fingerprint density at radius 3 is 2.43 bits per heavy atom. The molecule has 14 aliphatic carbocycles. The van der Waals surface area contributed by atoms with Gasteiger partial charge in [0, 0.05) is 69.9 Å². The maximum absolute atomic E-state index is 16.5. The van der Waals surface area contributed by atoms with Crippen LogP contribution in [0.2, 0.25) is 0 Å². The van der Waals surface area contributed by atoms with E-state index in [0.717, 1.165) is 112 Å². The molecule has 0 radical (unpaired) electrons. The monoisotopic (exact) mass is 1240 g/mol. The van der Waals surface area contributed by atoms with Gasteiger partial charge in [0.25, 0.3) is 0 Å². The minimum Gasteiger partial charge on any atom is -0.454 e. The summed E-state index contributed by atoms with van der Waals surface area (Å²) in [6.45, 7) is -0.134. The molecule has 0 aromatic heterocycles. The topological polar surface area (TPSA) is 166 Å². The number of aldehydes is 1. The van der Waals surface area contributed by atoms with E-state index in [1.54, 1.807) is 6.08 Å². The lowest BCUT2D eigenvalue weighted by Crippen LogP contribution is -2.88. The standard InChI is InChI=1S/C82H95NO9/c1-83-69-38-61-50(15-8-18-54(61)42-84)25-28-76(26-5-6-27-76)43-77-40-53-17-10-20-60-59(49-13-3-2-4-14-49)23-24-66-63(60)36-56-35-57-32-47-12-7-11-46(29-47)30-48-21-22-52(31-48)58-19-9-16-51-34-68-75(91-57)79(56,66)44-78(45-85)73(53)82(90,74(87)67(37-62(51)58)81(68,78)89)80(77,88)41-55-33-64(69)72-65(71(55)77)39-70(86)92-72/h2-4,7-9,11-16,18,29,39,45,48,51-53,55-60,62-64,66-69,71-75,83-84,87-90H,5-6,19-24,26-27,30-38,40-44H2,1H3. The molecule has 6 N–H and O–H groups in total. The molecule has 28 atom stereocenters. The Kier molecular flexibility index (Phi) is 13.1. The third-order valence-corrected chi connectivity index (χ3v) is 31.4. The van der Waals surface area contributed by atoms with Gasteiger partial charge in [-0.1, -0.05) is 109 Å². The van der Waals surface area contributed by atoms with Crippen LogP contribution in [-0.4, -0.2) is 92.1 Å². The second kappa shape index (κ2) is 20.6. The quantitative estimate of drug-likeness (QED) is 0.0641. The molecule has 0 amide bonds. The molecule has 10 heteroatoms. The van der Waals surface area contributed by atoms with Gasteiger partial charge in [0.1, 0.15) is 23.6 Å². The number of rotatable bonds is 4. The van der Waals surface area contributed by atoms with Gasteiger partial charge >= 0.3 is 5.97 Å². The van der Waals surface area contributed by atoms with Gasteiger partial charge in [0.2, 0.25) is 0 Å². The molecule has 28 unspecified atom stereocenters. The second-order valence-electron chi connectivity index (χ2n) is 34.2. The van der Waals surface area contributed by atoms with Gasteiger partial charge in [-0.15, -0.1) is 5.92 Å². The van der Waals surface area contributed by atoms with Crippen LogP contribution < -0.4 is 5.32 Å². The Balaban J connectivity index is 0.880. The number of aliphatic hydroxyl groups excluding tert-OH is 2. The van der Waals surface area contributed by atoms with E-state index in [0.29, 0.717) is 63.2 Å². The van der Waals surface area contributed by atoms with Crippen LogP contribution >= 0.6 is 0 Å². The molecule has 11 fully saturated rings. The number of esters is 1. The first-order chi connectivity index (χ1) is 44.7. The van der Waals surface area contributed by atoms with Crippen LogP contribution in [-0.2, 0) is 44.9 Å². The van der Waals surface area contributed by atoms with Gasteiger partial charge in [-0.25, -0.2) is 4.79 Å². The zero-order valence-corrected chi connectivity index (χ0v) is 53.8. The minimum absolute atomic E-state index is 0.0548. The lowest BCUT2D eigenvalue weighted by Gasteiger charge is -2.77. The molecule has 1 saturated heterocycles. The summed E-state index contributed by atoms with van der Waals surface area (Å²) in [6, 6.07) is 26.4. The Morgan fingerprint density at radius 1 is 0.772 bits per heavy atom. The van der Waals surface area contributed by atoms with Crippen molar-refractivity contribution in [1.82, 2.24) is 5.32 Å². The van der Waals surface area contributed by atoms with E-state index in [4.69, 9.17) is 9.47 Å². The van der Waals surface area contributed by atoms with Crippen LogP contribution in [0, 0.1) is 140 Å². The number of likely N-dealkylation sites (N-methyl/N-ethyl adjacent to an activating group) is 1. The van der Waals surface area contributed by atoms with Crippen LogP contribution in [0.25, 0.3) is 0 Å². The Bertz CT molecular complexity index is 3740. The van der Waals surface area contributed by atoms with E-state index < -0.39 is 92.3 Å². The average Bonchev–Trinajstić information content (AvgIpc) is 1.25. The highest BCUT2D eigenvalue weighted by Crippen LogP contribution is 2.83. The number of carbonyl (C=O) groups is 2. The summed E-state index contributed by atoms with van der Waals surface area (Å²) in [5.41, 5.74) is -2.72. The summed E-state index contributed by atoms with van der Waals surface area (Å²) in [5.74, 6) is 13.6. The summed E-state index contributed by atoms with van der Waals surface area (Å²) in [6.07, 6.45) is 22.4. The highest BCUT2D eigenvalue weighted by Gasteiger charge is 2.90. The number of allylic oxidation sites excluding steroid dienone is 2. The lowest BCUT2D eigenvalue weighted by molar-refractivity contribution is -0.400. The van der Waals surface area contributed by atoms with Gasteiger partial charge < -0.3 is 45.1 Å². The highest BCUT2D eigenvalue weighted by atomic mass is 16.5. The predicted molar refractivity (Wildman–Crippen MR) is 347 cm³/mol. The molecule has 3 aliphatic heterocycles. The van der Waals surface area contributed by atoms with Crippen molar-refractivity contribution in [3.8, 4) is 23.7 Å². The number of carbonyl (C=O) groups excluding carboxylic acids is 2. The van der Waals surface area contributed by atoms with E-state index in [1.807, 2.05) is 19.2 Å². The molecular weight excluding hydrogens is 1140 g/mol. The van der Waals surface area contributed by atoms with Gasteiger partial charge in [-0.2, -0.15) is 0 Å². The molecule has 17 aliphatic rings. The zero-order chi connectivity index (χ0) is 62.1. The fourth-order valence-corrected chi connectivity index (χ4v) is 28.6. The summed E-state index contributed by atoms with van der Waals surface area (Å²) >= 11 is 0. The molecule has 482 valence electrons. The van der Waals surface area contributed by atoms with Gasteiger partial charge in [-0.3, -0.25) is 0 Å². The number of aliphatic hydroxyl groups is 5. The maximum atomic E-state index is 16.5. The summed E-state index contributed by atoms with van der Waals surface area (Å²) in [4.78, 5) is 31.0. The van der Waals surface area contributed by atoms with Crippen molar-refractivity contribution in [1.29, 1.82) is 0 Å². The molecule has 3 heterocycles. The zero-order valence-electron chi connectivity index (χ0n) is 53.8. The average molecular weight is 1240 g/mol. The molecule has 19 bridgehead atoms. The summed E-state index contributed by atoms with van der Waals surface area (Å²) < 4.78 is 14.9. The molecule has 92 heavy (non-hydrogen) atoms. The third kappa shape index (κ3) is 7.57. The second-order valence-corrected chi connectivity index (χ2v) is 34.2. The largest absolute Gasteiger partial charge is 0.454 e. The Hall–Kier alpha value is -4.88. The van der Waals surface area contributed by atoms with Crippen molar-refractivity contribution in [2.45, 2.75) is 207 Å². The van der Waals surface area contributed by atoms with Crippen molar-refractivity contribution in [3.63, 3.8) is 0 Å². The van der Waals surface area contributed by atoms with Crippen molar-refractivity contribution < 1.29 is 44.6 Å². The smallest absolute Gasteiger partial charge is 0.331 e. The molecule has 3 spiro atoms. The fourth-order valence-electron chi connectivity index (χ4n) is 28.6. The van der Waals surface area contributed by atoms with E-state index in [2.05, 4.69) is 102 Å². The van der Waals surface area contributed by atoms with Crippen molar-refractivity contribution >= 4 is 12.3 Å². The van der Waals surface area contributed by atoms with Gasteiger partial charge in [0.15, 0.2) is 0 Å². The van der Waals surface area contributed by atoms with E-state index in [1.165, 1.54) is 23.1 Å². The molecule has 3 aromatic rings. The van der Waals surface area contributed by atoms with Crippen LogP contribution in [0.1, 0.15) is 168 Å². The van der Waals surface area contributed by atoms with E-state index in [-0.39, 0.29) is 84.4 Å². The minimum atomic E-state index is -2.36. The molecular formula is C82H95NO9. The Morgan fingerprint density at radius 2 is 1.61 bits per heavy atom.